The molecule has 0 amide bonds. The molecule has 0 unspecified atom stereocenters. The van der Waals surface area contributed by atoms with Gasteiger partial charge >= 0.3 is 5.97 Å². The van der Waals surface area contributed by atoms with E-state index in [0.29, 0.717) is 11.6 Å². The van der Waals surface area contributed by atoms with Crippen molar-refractivity contribution in [2.24, 2.45) is 0 Å². The maximum absolute atomic E-state index is 11.1. The van der Waals surface area contributed by atoms with Gasteiger partial charge < -0.3 is 16.2 Å². The van der Waals surface area contributed by atoms with E-state index in [1.165, 1.54) is 0 Å². The van der Waals surface area contributed by atoms with Crippen LogP contribution in [0.25, 0.3) is 0 Å². The number of rotatable bonds is 2. The number of carbonyl (C=O) groups excluding carboxylic acids is 1. The fourth-order valence-corrected chi connectivity index (χ4v) is 1.29. The average Bonchev–Trinajstić information content (AvgIpc) is 2.32. The van der Waals surface area contributed by atoms with Gasteiger partial charge in [-0.2, -0.15) is 4.37 Å². The van der Waals surface area contributed by atoms with Crippen molar-refractivity contribution in [1.82, 2.24) is 4.37 Å². The molecule has 0 saturated heterocycles. The van der Waals surface area contributed by atoms with E-state index in [1.54, 1.807) is 6.92 Å². The molecule has 12 heavy (non-hydrogen) atoms. The first-order valence-corrected chi connectivity index (χ1v) is 4.12. The van der Waals surface area contributed by atoms with Crippen LogP contribution in [0, 0.1) is 0 Å². The summed E-state index contributed by atoms with van der Waals surface area (Å²) in [6, 6.07) is 0. The number of nitrogens with zero attached hydrogens (tertiary/aromatic N) is 1. The molecule has 0 aliphatic rings. The zero-order valence-electron chi connectivity index (χ0n) is 6.53. The Morgan fingerprint density at radius 1 is 1.67 bits per heavy atom. The standard InChI is InChI=1S/C6H9N3O2S/c1-2-11-6(10)3-4(7)9-12-5(3)8/h2,8H2,1H3,(H2,7,9). The SMILES string of the molecule is CCOC(=O)c1c(N)nsc1N. The molecule has 6 heteroatoms. The second-order valence-electron chi connectivity index (χ2n) is 2.03. The van der Waals surface area contributed by atoms with E-state index in [1.807, 2.05) is 0 Å². The van der Waals surface area contributed by atoms with Crippen LogP contribution in [0.5, 0.6) is 0 Å². The number of nitrogens with two attached hydrogens (primary N) is 2. The third kappa shape index (κ3) is 1.48. The maximum Gasteiger partial charge on any atom is 0.344 e. The van der Waals surface area contributed by atoms with E-state index in [-0.39, 0.29) is 11.4 Å². The summed E-state index contributed by atoms with van der Waals surface area (Å²) in [4.78, 5) is 11.1. The van der Waals surface area contributed by atoms with Gasteiger partial charge in [0.05, 0.1) is 6.61 Å². The Morgan fingerprint density at radius 3 is 2.75 bits per heavy atom. The van der Waals surface area contributed by atoms with E-state index in [0.717, 1.165) is 11.5 Å². The Kier molecular flexibility index (Phi) is 2.49. The molecule has 0 saturated carbocycles. The highest BCUT2D eigenvalue weighted by Crippen LogP contribution is 2.23. The summed E-state index contributed by atoms with van der Waals surface area (Å²) in [5, 5.41) is 0.297. The Balaban J connectivity index is 2.93. The van der Waals surface area contributed by atoms with Crippen LogP contribution in [0.1, 0.15) is 17.3 Å². The number of hydrogen-bond donors (Lipinski definition) is 2. The first-order valence-electron chi connectivity index (χ1n) is 3.34. The van der Waals surface area contributed by atoms with E-state index in [4.69, 9.17) is 16.2 Å². The van der Waals surface area contributed by atoms with Gasteiger partial charge in [0.25, 0.3) is 0 Å². The van der Waals surface area contributed by atoms with Gasteiger partial charge in [-0.15, -0.1) is 0 Å². The molecule has 0 atom stereocenters. The second-order valence-corrected chi connectivity index (χ2v) is 2.83. The minimum atomic E-state index is -0.513. The molecule has 0 aliphatic carbocycles. The topological polar surface area (TPSA) is 91.2 Å². The predicted molar refractivity (Wildman–Crippen MR) is 46.9 cm³/mol. The lowest BCUT2D eigenvalue weighted by Gasteiger charge is -1.99. The molecule has 0 fully saturated rings. The third-order valence-corrected chi connectivity index (χ3v) is 1.91. The van der Waals surface area contributed by atoms with Gasteiger partial charge in [-0.3, -0.25) is 0 Å². The monoisotopic (exact) mass is 187 g/mol. The fraction of sp³-hybridized carbons (Fsp3) is 0.333. The van der Waals surface area contributed by atoms with Gasteiger partial charge in [0, 0.05) is 0 Å². The number of nitrogen functional groups attached to an aromatic ring is 2. The number of ether oxygens (including phenoxy) is 1. The average molecular weight is 187 g/mol. The Labute approximate surface area is 73.5 Å². The highest BCUT2D eigenvalue weighted by Gasteiger charge is 2.17. The van der Waals surface area contributed by atoms with Crippen LogP contribution < -0.4 is 11.5 Å². The first kappa shape index (κ1) is 8.79. The van der Waals surface area contributed by atoms with E-state index >= 15 is 0 Å². The Bertz CT molecular complexity index is 277. The second kappa shape index (κ2) is 3.40. The molecule has 1 aromatic rings. The molecular weight excluding hydrogens is 178 g/mol. The molecule has 0 aromatic carbocycles. The number of carbonyl (C=O) groups is 1. The molecule has 1 rings (SSSR count). The van der Waals surface area contributed by atoms with Gasteiger partial charge in [-0.05, 0) is 18.5 Å². The summed E-state index contributed by atoms with van der Waals surface area (Å²) in [7, 11) is 0. The van der Waals surface area contributed by atoms with Crippen LogP contribution in [0.15, 0.2) is 0 Å². The third-order valence-electron chi connectivity index (χ3n) is 1.22. The number of esters is 1. The molecule has 0 radical (unpaired) electrons. The molecule has 66 valence electrons. The molecule has 0 bridgehead atoms. The first-order chi connectivity index (χ1) is 5.66. The maximum atomic E-state index is 11.1. The molecule has 4 N–H and O–H groups in total. The largest absolute Gasteiger partial charge is 0.462 e. The van der Waals surface area contributed by atoms with Crippen molar-refractivity contribution in [3.8, 4) is 0 Å². The number of hydrogen-bond acceptors (Lipinski definition) is 6. The highest BCUT2D eigenvalue weighted by atomic mass is 32.1. The van der Waals surface area contributed by atoms with Crippen LogP contribution in [0.4, 0.5) is 10.8 Å². The van der Waals surface area contributed by atoms with Crippen molar-refractivity contribution in [2.75, 3.05) is 18.1 Å². The fourth-order valence-electron chi connectivity index (χ4n) is 0.724. The Morgan fingerprint density at radius 2 is 2.33 bits per heavy atom. The molecule has 1 heterocycles. The van der Waals surface area contributed by atoms with Crippen molar-refractivity contribution in [2.45, 2.75) is 6.92 Å². The van der Waals surface area contributed by atoms with Crippen LogP contribution in [0.2, 0.25) is 0 Å². The van der Waals surface area contributed by atoms with Crippen molar-refractivity contribution in [1.29, 1.82) is 0 Å². The quantitative estimate of drug-likeness (QED) is 0.657. The minimum absolute atomic E-state index is 0.135. The summed E-state index contributed by atoms with van der Waals surface area (Å²) in [5.41, 5.74) is 11.0. The molecule has 5 nitrogen and oxygen atoms in total. The molecular formula is C6H9N3O2S. The zero-order chi connectivity index (χ0) is 9.14. The molecule has 0 aliphatic heterocycles. The van der Waals surface area contributed by atoms with Gasteiger partial charge in [-0.1, -0.05) is 0 Å². The van der Waals surface area contributed by atoms with E-state index < -0.39 is 5.97 Å². The van der Waals surface area contributed by atoms with Crippen molar-refractivity contribution < 1.29 is 9.53 Å². The van der Waals surface area contributed by atoms with Crippen molar-refractivity contribution in [3.05, 3.63) is 5.56 Å². The van der Waals surface area contributed by atoms with E-state index in [2.05, 4.69) is 4.37 Å². The minimum Gasteiger partial charge on any atom is -0.462 e. The Hall–Kier alpha value is -1.30. The van der Waals surface area contributed by atoms with Gasteiger partial charge in [0.15, 0.2) is 5.82 Å². The van der Waals surface area contributed by atoms with Crippen LogP contribution in [-0.2, 0) is 4.74 Å². The number of aromatic nitrogens is 1. The lowest BCUT2D eigenvalue weighted by Crippen LogP contribution is -2.08. The van der Waals surface area contributed by atoms with Crippen LogP contribution in [0.3, 0.4) is 0 Å². The van der Waals surface area contributed by atoms with Gasteiger partial charge in [0.1, 0.15) is 10.6 Å². The smallest absolute Gasteiger partial charge is 0.344 e. The summed E-state index contributed by atoms with van der Waals surface area (Å²) in [6.07, 6.45) is 0. The van der Waals surface area contributed by atoms with Crippen molar-refractivity contribution >= 4 is 28.3 Å². The number of anilines is 2. The van der Waals surface area contributed by atoms with Crippen LogP contribution in [-0.4, -0.2) is 16.9 Å². The normalized spacial score (nSPS) is 9.75. The summed E-state index contributed by atoms with van der Waals surface area (Å²) in [6.45, 7) is 2.01. The summed E-state index contributed by atoms with van der Waals surface area (Å²) >= 11 is 0.987. The molecule has 1 aromatic heterocycles. The summed E-state index contributed by atoms with van der Waals surface area (Å²) < 4.78 is 8.43. The highest BCUT2D eigenvalue weighted by molar-refractivity contribution is 7.10. The van der Waals surface area contributed by atoms with Gasteiger partial charge in [-0.25, -0.2) is 4.79 Å². The lowest BCUT2D eigenvalue weighted by atomic mass is 10.3. The van der Waals surface area contributed by atoms with Crippen LogP contribution >= 0.6 is 11.5 Å². The summed E-state index contributed by atoms with van der Waals surface area (Å²) in [5.74, 6) is -0.378. The lowest BCUT2D eigenvalue weighted by molar-refractivity contribution is 0.0529. The predicted octanol–water partition coefficient (Wildman–Crippen LogP) is 0.484. The van der Waals surface area contributed by atoms with Crippen molar-refractivity contribution in [3.63, 3.8) is 0 Å². The molecule has 0 spiro atoms. The zero-order valence-corrected chi connectivity index (χ0v) is 7.35. The van der Waals surface area contributed by atoms with E-state index in [9.17, 15) is 4.79 Å². The van der Waals surface area contributed by atoms with Gasteiger partial charge in [0.2, 0.25) is 0 Å².